The topological polar surface area (TPSA) is 78.9 Å². The molecule has 0 aliphatic carbocycles. The van der Waals surface area contributed by atoms with E-state index in [1.165, 1.54) is 186 Å². The lowest BCUT2D eigenvalue weighted by molar-refractivity contribution is -0.167. The van der Waals surface area contributed by atoms with Crippen molar-refractivity contribution in [1.82, 2.24) is 0 Å². The zero-order valence-electron chi connectivity index (χ0n) is 48.4. The predicted octanol–water partition coefficient (Wildman–Crippen LogP) is 21.3. The van der Waals surface area contributed by atoms with Crippen molar-refractivity contribution in [2.24, 2.45) is 0 Å². The predicted molar refractivity (Wildman–Crippen MR) is 316 cm³/mol. The number of hydrogen-bond donors (Lipinski definition) is 0. The third kappa shape index (κ3) is 59.6. The van der Waals surface area contributed by atoms with Crippen LogP contribution in [0.15, 0.2) is 72.9 Å². The Morgan fingerprint density at radius 2 is 0.548 bits per heavy atom. The van der Waals surface area contributed by atoms with Crippen LogP contribution in [0.3, 0.4) is 0 Å². The number of carbonyl (C=O) groups excluding carboxylic acids is 3. The van der Waals surface area contributed by atoms with Gasteiger partial charge in [0, 0.05) is 19.3 Å². The summed E-state index contributed by atoms with van der Waals surface area (Å²) in [7, 11) is 0. The number of esters is 3. The summed E-state index contributed by atoms with van der Waals surface area (Å²) in [6.07, 6.45) is 79.1. The highest BCUT2D eigenvalue weighted by atomic mass is 16.6. The van der Waals surface area contributed by atoms with E-state index in [9.17, 15) is 14.4 Å². The van der Waals surface area contributed by atoms with Gasteiger partial charge < -0.3 is 14.2 Å². The zero-order chi connectivity index (χ0) is 52.9. The minimum absolute atomic E-state index is 0.0777. The summed E-state index contributed by atoms with van der Waals surface area (Å²) in [5.74, 6) is -0.880. The van der Waals surface area contributed by atoms with Crippen molar-refractivity contribution in [3.8, 4) is 0 Å². The number of rotatable bonds is 57. The lowest BCUT2D eigenvalue weighted by atomic mass is 10.0. The maximum atomic E-state index is 12.9. The van der Waals surface area contributed by atoms with Crippen molar-refractivity contribution in [2.75, 3.05) is 13.2 Å². The Balaban J connectivity index is 4.22. The third-order valence-electron chi connectivity index (χ3n) is 13.7. The molecule has 0 N–H and O–H groups in total. The molecule has 0 spiro atoms. The lowest BCUT2D eigenvalue weighted by Gasteiger charge is -2.18. The van der Waals surface area contributed by atoms with Crippen LogP contribution >= 0.6 is 0 Å². The maximum absolute atomic E-state index is 12.9. The Bertz CT molecular complexity index is 1360. The van der Waals surface area contributed by atoms with Crippen LogP contribution in [-0.2, 0) is 28.6 Å². The molecule has 1 atom stereocenters. The van der Waals surface area contributed by atoms with Gasteiger partial charge in [-0.15, -0.1) is 0 Å². The molecular weight excluding hydrogens is 901 g/mol. The molecule has 1 unspecified atom stereocenters. The molecular formula is C67H118O6. The Morgan fingerprint density at radius 3 is 0.890 bits per heavy atom. The van der Waals surface area contributed by atoms with E-state index < -0.39 is 6.10 Å². The second-order valence-corrected chi connectivity index (χ2v) is 20.9. The molecule has 0 saturated carbocycles. The van der Waals surface area contributed by atoms with E-state index in [2.05, 4.69) is 93.7 Å². The minimum Gasteiger partial charge on any atom is -0.462 e. The van der Waals surface area contributed by atoms with Gasteiger partial charge in [0.15, 0.2) is 6.10 Å². The fourth-order valence-electron chi connectivity index (χ4n) is 8.94. The van der Waals surface area contributed by atoms with Crippen LogP contribution in [0.25, 0.3) is 0 Å². The fourth-order valence-corrected chi connectivity index (χ4v) is 8.94. The number of unbranched alkanes of at least 4 members (excludes halogenated alkanes) is 34. The monoisotopic (exact) mass is 1020 g/mol. The fraction of sp³-hybridized carbons (Fsp3) is 0.776. The Hall–Kier alpha value is -3.15. The van der Waals surface area contributed by atoms with E-state index in [0.717, 1.165) is 89.9 Å². The molecule has 6 heteroatoms. The molecule has 0 heterocycles. The highest BCUT2D eigenvalue weighted by Crippen LogP contribution is 2.16. The molecule has 422 valence electrons. The van der Waals surface area contributed by atoms with Gasteiger partial charge in [0.1, 0.15) is 13.2 Å². The number of hydrogen-bond acceptors (Lipinski definition) is 6. The largest absolute Gasteiger partial charge is 0.462 e. The van der Waals surface area contributed by atoms with E-state index in [1.807, 2.05) is 0 Å². The van der Waals surface area contributed by atoms with E-state index >= 15 is 0 Å². The first-order valence-corrected chi connectivity index (χ1v) is 31.4. The van der Waals surface area contributed by atoms with Crippen molar-refractivity contribution >= 4 is 17.9 Å². The van der Waals surface area contributed by atoms with E-state index in [4.69, 9.17) is 14.2 Å². The summed E-state index contributed by atoms with van der Waals surface area (Å²) in [6, 6.07) is 0. The van der Waals surface area contributed by atoms with Crippen LogP contribution in [0, 0.1) is 0 Å². The average molecular weight is 1020 g/mol. The van der Waals surface area contributed by atoms with Crippen molar-refractivity contribution < 1.29 is 28.6 Å². The van der Waals surface area contributed by atoms with Crippen LogP contribution in [0.1, 0.15) is 316 Å². The smallest absolute Gasteiger partial charge is 0.306 e. The summed E-state index contributed by atoms with van der Waals surface area (Å²) in [6.45, 7) is 6.51. The van der Waals surface area contributed by atoms with Gasteiger partial charge in [-0.1, -0.05) is 267 Å². The standard InChI is InChI=1S/C67H118O6/c1-4-7-10-13-16-19-22-24-26-28-29-30-31-32-33-34-35-36-37-39-40-42-45-48-51-54-57-60-66(69)72-63-64(62-71-65(68)59-56-53-50-47-44-21-18-15-12-9-6-3)73-67(70)61-58-55-52-49-46-43-41-38-27-25-23-20-17-14-11-8-5-2/h7,10,15-16,18-19,24-27,29-30,64H,4-6,8-9,11-14,17,20-23,28,31-63H2,1-3H3/b10-7-,18-15-,19-16-,26-24-,27-25-,30-29-. The van der Waals surface area contributed by atoms with Crippen molar-refractivity contribution in [3.63, 3.8) is 0 Å². The highest BCUT2D eigenvalue weighted by molar-refractivity contribution is 5.71. The van der Waals surface area contributed by atoms with Gasteiger partial charge in [-0.2, -0.15) is 0 Å². The molecule has 0 fully saturated rings. The van der Waals surface area contributed by atoms with Gasteiger partial charge in [-0.3, -0.25) is 14.4 Å². The molecule has 0 rings (SSSR count). The van der Waals surface area contributed by atoms with Gasteiger partial charge in [0.25, 0.3) is 0 Å². The summed E-state index contributed by atoms with van der Waals surface area (Å²) >= 11 is 0. The maximum Gasteiger partial charge on any atom is 0.306 e. The molecule has 0 amide bonds. The molecule has 73 heavy (non-hydrogen) atoms. The molecule has 0 aliphatic heterocycles. The molecule has 0 aliphatic rings. The molecule has 0 aromatic heterocycles. The lowest BCUT2D eigenvalue weighted by Crippen LogP contribution is -2.30. The first-order valence-electron chi connectivity index (χ1n) is 31.4. The zero-order valence-corrected chi connectivity index (χ0v) is 48.4. The Kier molecular flexibility index (Phi) is 58.7. The van der Waals surface area contributed by atoms with Gasteiger partial charge >= 0.3 is 17.9 Å². The number of ether oxygens (including phenoxy) is 3. The first-order chi connectivity index (χ1) is 36.0. The average Bonchev–Trinajstić information content (AvgIpc) is 3.39. The second kappa shape index (κ2) is 61.4. The number of allylic oxidation sites excluding steroid dienone is 12. The minimum atomic E-state index is -0.780. The highest BCUT2D eigenvalue weighted by Gasteiger charge is 2.19. The van der Waals surface area contributed by atoms with Gasteiger partial charge in [-0.25, -0.2) is 0 Å². The Morgan fingerprint density at radius 1 is 0.288 bits per heavy atom. The SMILES string of the molecule is CC/C=C\C/C=C\C/C=C\C/C=C\CCCCCCCCCCCCCCCCC(=O)OCC(COC(=O)CCCCCCC/C=C\CCCC)OC(=O)CCCCCCCCC/C=C\CCCCCCCC. The van der Waals surface area contributed by atoms with E-state index in [1.54, 1.807) is 0 Å². The van der Waals surface area contributed by atoms with Gasteiger partial charge in [-0.05, 0) is 103 Å². The molecule has 0 bridgehead atoms. The summed E-state index contributed by atoms with van der Waals surface area (Å²) in [4.78, 5) is 38.2. The quantitative estimate of drug-likeness (QED) is 0.0261. The van der Waals surface area contributed by atoms with Crippen LogP contribution in [0.5, 0.6) is 0 Å². The molecule has 0 aromatic rings. The summed E-state index contributed by atoms with van der Waals surface area (Å²) in [5, 5.41) is 0. The number of carbonyl (C=O) groups is 3. The second-order valence-electron chi connectivity index (χ2n) is 20.9. The molecule has 0 saturated heterocycles. The first kappa shape index (κ1) is 69.8. The van der Waals surface area contributed by atoms with Gasteiger partial charge in [0.2, 0.25) is 0 Å². The summed E-state index contributed by atoms with van der Waals surface area (Å²) < 4.78 is 16.9. The molecule has 0 radical (unpaired) electrons. The van der Waals surface area contributed by atoms with E-state index in [-0.39, 0.29) is 31.1 Å². The van der Waals surface area contributed by atoms with Crippen LogP contribution in [0.4, 0.5) is 0 Å². The molecule has 6 nitrogen and oxygen atoms in total. The van der Waals surface area contributed by atoms with Crippen LogP contribution < -0.4 is 0 Å². The summed E-state index contributed by atoms with van der Waals surface area (Å²) in [5.41, 5.74) is 0. The van der Waals surface area contributed by atoms with Crippen molar-refractivity contribution in [3.05, 3.63) is 72.9 Å². The van der Waals surface area contributed by atoms with E-state index in [0.29, 0.717) is 19.3 Å². The van der Waals surface area contributed by atoms with Crippen LogP contribution in [-0.4, -0.2) is 37.2 Å². The third-order valence-corrected chi connectivity index (χ3v) is 13.7. The Labute approximate surface area is 453 Å². The van der Waals surface area contributed by atoms with Crippen molar-refractivity contribution in [1.29, 1.82) is 0 Å². The molecule has 0 aromatic carbocycles. The van der Waals surface area contributed by atoms with Gasteiger partial charge in [0.05, 0.1) is 0 Å². The normalized spacial score (nSPS) is 12.5. The van der Waals surface area contributed by atoms with Crippen molar-refractivity contribution in [2.45, 2.75) is 322 Å². The van der Waals surface area contributed by atoms with Crippen LogP contribution in [0.2, 0.25) is 0 Å².